The molecule has 0 aliphatic heterocycles. The highest BCUT2D eigenvalue weighted by atomic mass is 35.5. The second-order valence-corrected chi connectivity index (χ2v) is 5.91. The number of carbonyl (C=O) groups excluding carboxylic acids is 2. The molecule has 1 aliphatic rings. The summed E-state index contributed by atoms with van der Waals surface area (Å²) in [6.07, 6.45) is 2.56. The molecule has 0 aromatic heterocycles. The van der Waals surface area contributed by atoms with Crippen LogP contribution in [0, 0.1) is 0 Å². The summed E-state index contributed by atoms with van der Waals surface area (Å²) >= 11 is 6.03. The lowest BCUT2D eigenvalue weighted by Gasteiger charge is -2.40. The van der Waals surface area contributed by atoms with Gasteiger partial charge in [0.25, 0.3) is 0 Å². The van der Waals surface area contributed by atoms with Crippen molar-refractivity contribution in [3.8, 4) is 0 Å². The van der Waals surface area contributed by atoms with Crippen molar-refractivity contribution < 1.29 is 14.3 Å². The van der Waals surface area contributed by atoms with Crippen molar-refractivity contribution in [1.82, 2.24) is 10.6 Å². The summed E-state index contributed by atoms with van der Waals surface area (Å²) in [6.45, 7) is 0.863. The van der Waals surface area contributed by atoms with Crippen LogP contribution >= 0.6 is 11.6 Å². The summed E-state index contributed by atoms with van der Waals surface area (Å²) in [4.78, 5) is 24.2. The van der Waals surface area contributed by atoms with Crippen LogP contribution in [0.3, 0.4) is 0 Å². The van der Waals surface area contributed by atoms with Crippen molar-refractivity contribution in [2.45, 2.75) is 24.7 Å². The third kappa shape index (κ3) is 3.78. The Hall–Kier alpha value is -1.59. The van der Waals surface area contributed by atoms with Gasteiger partial charge in [-0.3, -0.25) is 9.59 Å². The van der Waals surface area contributed by atoms with Gasteiger partial charge in [-0.25, -0.2) is 0 Å². The van der Waals surface area contributed by atoms with Crippen LogP contribution in [0.15, 0.2) is 24.3 Å². The number of benzene rings is 1. The van der Waals surface area contributed by atoms with Crippen molar-refractivity contribution >= 4 is 23.4 Å². The standard InChI is InChI=1S/C16H21ClN2O3/c1-22-9-8-18-14(20)11-19-15(21)16(6-3-7-16)12-4-2-5-13(17)10-12/h2,4-5,10H,3,6-9,11H2,1H3,(H,18,20)(H,19,21). The summed E-state index contributed by atoms with van der Waals surface area (Å²) in [5, 5.41) is 6.03. The van der Waals surface area contributed by atoms with Gasteiger partial charge < -0.3 is 15.4 Å². The molecule has 2 N–H and O–H groups in total. The highest BCUT2D eigenvalue weighted by molar-refractivity contribution is 6.30. The fraction of sp³-hybridized carbons (Fsp3) is 0.500. The Balaban J connectivity index is 1.94. The Kier molecular flexibility index (Phi) is 5.80. The van der Waals surface area contributed by atoms with Crippen LogP contribution in [0.1, 0.15) is 24.8 Å². The lowest BCUT2D eigenvalue weighted by Crippen LogP contribution is -2.51. The van der Waals surface area contributed by atoms with Crippen molar-refractivity contribution in [3.63, 3.8) is 0 Å². The first-order chi connectivity index (χ1) is 10.6. The van der Waals surface area contributed by atoms with Crippen molar-refractivity contribution in [2.24, 2.45) is 0 Å². The molecule has 0 atom stereocenters. The molecule has 2 rings (SSSR count). The number of rotatable bonds is 7. The minimum absolute atomic E-state index is 0.0230. The average Bonchev–Trinajstić information content (AvgIpc) is 2.44. The van der Waals surface area contributed by atoms with Crippen molar-refractivity contribution in [1.29, 1.82) is 0 Å². The highest BCUT2D eigenvalue weighted by Crippen LogP contribution is 2.44. The average molecular weight is 325 g/mol. The third-order valence-corrected chi connectivity index (χ3v) is 4.29. The van der Waals surface area contributed by atoms with Crippen LogP contribution in [0.4, 0.5) is 0 Å². The summed E-state index contributed by atoms with van der Waals surface area (Å²) < 4.78 is 4.85. The molecule has 1 fully saturated rings. The maximum Gasteiger partial charge on any atom is 0.239 e. The summed E-state index contributed by atoms with van der Waals surface area (Å²) in [5.41, 5.74) is 0.376. The predicted octanol–water partition coefficient (Wildman–Crippen LogP) is 1.64. The second-order valence-electron chi connectivity index (χ2n) is 5.47. The number of amides is 2. The van der Waals surface area contributed by atoms with Crippen LogP contribution in [0.2, 0.25) is 5.02 Å². The smallest absolute Gasteiger partial charge is 0.239 e. The number of hydrogen-bond donors (Lipinski definition) is 2. The Bertz CT molecular complexity index is 544. The molecule has 5 nitrogen and oxygen atoms in total. The van der Waals surface area contributed by atoms with E-state index in [9.17, 15) is 9.59 Å². The van der Waals surface area contributed by atoms with Crippen molar-refractivity contribution in [3.05, 3.63) is 34.9 Å². The number of hydrogen-bond acceptors (Lipinski definition) is 3. The van der Waals surface area contributed by atoms with E-state index < -0.39 is 5.41 Å². The summed E-state index contributed by atoms with van der Waals surface area (Å²) in [5.74, 6) is -0.325. The van der Waals surface area contributed by atoms with E-state index in [2.05, 4.69) is 10.6 Å². The maximum atomic E-state index is 12.5. The van der Waals surface area contributed by atoms with Gasteiger partial charge in [0.1, 0.15) is 0 Å². The van der Waals surface area contributed by atoms with Crippen LogP contribution in [0.25, 0.3) is 0 Å². The quantitative estimate of drug-likeness (QED) is 0.749. The van der Waals surface area contributed by atoms with Gasteiger partial charge >= 0.3 is 0 Å². The predicted molar refractivity (Wildman–Crippen MR) is 84.9 cm³/mol. The molecule has 6 heteroatoms. The van der Waals surface area contributed by atoms with Gasteiger partial charge in [0.15, 0.2) is 0 Å². The minimum atomic E-state index is -0.544. The molecule has 0 spiro atoms. The SMILES string of the molecule is COCCNC(=O)CNC(=O)C1(c2cccc(Cl)c2)CCC1. The van der Waals surface area contributed by atoms with E-state index in [1.54, 1.807) is 13.2 Å². The lowest BCUT2D eigenvalue weighted by atomic mass is 9.64. The normalized spacial score (nSPS) is 15.7. The van der Waals surface area contributed by atoms with Crippen LogP contribution in [-0.4, -0.2) is 38.6 Å². The van der Waals surface area contributed by atoms with Gasteiger partial charge in [0.2, 0.25) is 11.8 Å². The fourth-order valence-corrected chi connectivity index (χ4v) is 2.84. The monoisotopic (exact) mass is 324 g/mol. The number of methoxy groups -OCH3 is 1. The van der Waals surface area contributed by atoms with Crippen LogP contribution in [0.5, 0.6) is 0 Å². The Labute approximate surface area is 135 Å². The Morgan fingerprint density at radius 2 is 2.09 bits per heavy atom. The molecule has 0 heterocycles. The molecule has 2 amide bonds. The molecule has 0 bridgehead atoms. The lowest BCUT2D eigenvalue weighted by molar-refractivity contribution is -0.132. The zero-order chi connectivity index (χ0) is 16.0. The van der Waals surface area contributed by atoms with E-state index in [0.29, 0.717) is 18.2 Å². The number of carbonyl (C=O) groups is 2. The van der Waals surface area contributed by atoms with E-state index in [4.69, 9.17) is 16.3 Å². The van der Waals surface area contributed by atoms with E-state index in [1.165, 1.54) is 0 Å². The fourth-order valence-electron chi connectivity index (χ4n) is 2.65. The molecular weight excluding hydrogens is 304 g/mol. The minimum Gasteiger partial charge on any atom is -0.383 e. The molecule has 0 unspecified atom stereocenters. The molecule has 22 heavy (non-hydrogen) atoms. The first-order valence-electron chi connectivity index (χ1n) is 7.38. The van der Waals surface area contributed by atoms with Gasteiger partial charge in [0, 0.05) is 18.7 Å². The zero-order valence-electron chi connectivity index (χ0n) is 12.7. The van der Waals surface area contributed by atoms with Gasteiger partial charge in [-0.2, -0.15) is 0 Å². The van der Waals surface area contributed by atoms with Gasteiger partial charge in [0.05, 0.1) is 18.6 Å². The summed E-state index contributed by atoms with van der Waals surface area (Å²) in [7, 11) is 1.57. The van der Waals surface area contributed by atoms with Gasteiger partial charge in [-0.05, 0) is 30.5 Å². The van der Waals surface area contributed by atoms with E-state index in [1.807, 2.05) is 18.2 Å². The zero-order valence-corrected chi connectivity index (χ0v) is 13.4. The molecule has 0 radical (unpaired) electrons. The number of ether oxygens (including phenoxy) is 1. The summed E-state index contributed by atoms with van der Waals surface area (Å²) in [6, 6.07) is 7.39. The molecule has 120 valence electrons. The Morgan fingerprint density at radius 1 is 1.32 bits per heavy atom. The molecule has 1 aromatic rings. The first kappa shape index (κ1) is 16.8. The first-order valence-corrected chi connectivity index (χ1v) is 7.76. The second kappa shape index (κ2) is 7.61. The van der Waals surface area contributed by atoms with E-state index >= 15 is 0 Å². The van der Waals surface area contributed by atoms with Crippen molar-refractivity contribution in [2.75, 3.05) is 26.8 Å². The van der Waals surface area contributed by atoms with Crippen LogP contribution in [-0.2, 0) is 19.7 Å². The molecule has 1 aromatic carbocycles. The van der Waals surface area contributed by atoms with Crippen LogP contribution < -0.4 is 10.6 Å². The molecule has 0 saturated heterocycles. The van der Waals surface area contributed by atoms with Gasteiger partial charge in [-0.1, -0.05) is 30.2 Å². The topological polar surface area (TPSA) is 67.4 Å². The maximum absolute atomic E-state index is 12.5. The highest BCUT2D eigenvalue weighted by Gasteiger charge is 2.45. The molecule has 1 aliphatic carbocycles. The molecular formula is C16H21ClN2O3. The largest absolute Gasteiger partial charge is 0.383 e. The Morgan fingerprint density at radius 3 is 2.68 bits per heavy atom. The van der Waals surface area contributed by atoms with Gasteiger partial charge in [-0.15, -0.1) is 0 Å². The number of nitrogens with one attached hydrogen (secondary N) is 2. The van der Waals surface area contributed by atoms with E-state index in [-0.39, 0.29) is 18.4 Å². The van der Waals surface area contributed by atoms with E-state index in [0.717, 1.165) is 24.8 Å². The third-order valence-electron chi connectivity index (χ3n) is 4.06. The molecule has 1 saturated carbocycles. The number of halogens is 1.